The van der Waals surface area contributed by atoms with Crippen LogP contribution in [0.25, 0.3) is 15.9 Å². The van der Waals surface area contributed by atoms with Gasteiger partial charge >= 0.3 is 0 Å². The van der Waals surface area contributed by atoms with E-state index in [1.54, 1.807) is 4.57 Å². The van der Waals surface area contributed by atoms with Crippen molar-refractivity contribution in [3.63, 3.8) is 0 Å². The molecule has 1 atom stereocenters. The summed E-state index contributed by atoms with van der Waals surface area (Å²) in [6.07, 6.45) is 1.90. The predicted molar refractivity (Wildman–Crippen MR) is 126 cm³/mol. The molecule has 0 saturated heterocycles. The Morgan fingerprint density at radius 3 is 2.87 bits per heavy atom. The van der Waals surface area contributed by atoms with E-state index in [0.717, 1.165) is 24.1 Å². The minimum atomic E-state index is -0.0954. The largest absolute Gasteiger partial charge is 0.349 e. The first kappa shape index (κ1) is 20.0. The Kier molecular flexibility index (Phi) is 5.38. The van der Waals surface area contributed by atoms with Gasteiger partial charge in [-0.1, -0.05) is 54.2 Å². The van der Waals surface area contributed by atoms with E-state index in [4.69, 9.17) is 4.98 Å². The van der Waals surface area contributed by atoms with Crippen LogP contribution in [0.3, 0.4) is 0 Å². The average Bonchev–Trinajstić information content (AvgIpc) is 3.41. The smallest absolute Gasteiger partial charge is 0.276 e. The van der Waals surface area contributed by atoms with Gasteiger partial charge in [-0.2, -0.15) is 0 Å². The molecule has 156 valence electrons. The fourth-order valence-electron chi connectivity index (χ4n) is 4.09. The van der Waals surface area contributed by atoms with Gasteiger partial charge in [-0.15, -0.1) is 11.3 Å². The second-order valence-corrected chi connectivity index (χ2v) is 9.46. The van der Waals surface area contributed by atoms with Crippen molar-refractivity contribution in [3.05, 3.63) is 87.0 Å². The number of hydrogen-bond acceptors (Lipinski definition) is 5. The van der Waals surface area contributed by atoms with E-state index in [0.29, 0.717) is 15.4 Å². The summed E-state index contributed by atoms with van der Waals surface area (Å²) >= 11 is 2.69. The molecule has 5 rings (SSSR count). The molecule has 0 unspecified atom stereocenters. The van der Waals surface area contributed by atoms with Gasteiger partial charge in [0, 0.05) is 0 Å². The van der Waals surface area contributed by atoms with E-state index in [1.165, 1.54) is 34.2 Å². The van der Waals surface area contributed by atoms with Crippen LogP contribution in [0.2, 0.25) is 0 Å². The first-order valence-corrected chi connectivity index (χ1v) is 12.0. The molecular formula is C24H21N3O2S2. The molecule has 0 saturated carbocycles. The molecule has 1 amide bonds. The Morgan fingerprint density at radius 2 is 2.00 bits per heavy atom. The van der Waals surface area contributed by atoms with Crippen molar-refractivity contribution in [3.8, 4) is 5.69 Å². The molecular weight excluding hydrogens is 426 g/mol. The van der Waals surface area contributed by atoms with E-state index >= 15 is 0 Å². The molecule has 0 fully saturated rings. The number of aromatic nitrogens is 2. The summed E-state index contributed by atoms with van der Waals surface area (Å²) < 4.78 is 2.26. The summed E-state index contributed by atoms with van der Waals surface area (Å²) in [5.74, 6) is 0.148. The third kappa shape index (κ3) is 3.79. The third-order valence-corrected chi connectivity index (χ3v) is 7.44. The quantitative estimate of drug-likeness (QED) is 0.357. The van der Waals surface area contributed by atoms with E-state index in [-0.39, 0.29) is 23.3 Å². The van der Waals surface area contributed by atoms with Crippen LogP contribution in [-0.2, 0) is 11.2 Å². The number of aryl methyl sites for hydroxylation is 2. The number of nitrogens with zero attached hydrogens (tertiary/aromatic N) is 2. The summed E-state index contributed by atoms with van der Waals surface area (Å²) in [5, 5.41) is 5.56. The number of carbonyl (C=O) groups is 1. The van der Waals surface area contributed by atoms with Crippen molar-refractivity contribution in [2.45, 2.75) is 31.0 Å². The molecule has 5 nitrogen and oxygen atoms in total. The molecule has 0 bridgehead atoms. The van der Waals surface area contributed by atoms with Gasteiger partial charge in [-0.3, -0.25) is 14.2 Å². The highest BCUT2D eigenvalue weighted by Crippen LogP contribution is 2.31. The molecule has 0 spiro atoms. The van der Waals surface area contributed by atoms with Crippen LogP contribution < -0.4 is 10.9 Å². The first-order valence-electron chi connectivity index (χ1n) is 10.2. The second-order valence-electron chi connectivity index (χ2n) is 7.60. The fraction of sp³-hybridized carbons (Fsp3) is 0.208. The highest BCUT2D eigenvalue weighted by atomic mass is 32.2. The van der Waals surface area contributed by atoms with E-state index in [9.17, 15) is 9.59 Å². The maximum absolute atomic E-state index is 13.2. The third-order valence-electron chi connectivity index (χ3n) is 5.61. The molecule has 1 N–H and O–H groups in total. The van der Waals surface area contributed by atoms with Crippen molar-refractivity contribution in [1.29, 1.82) is 0 Å². The second kappa shape index (κ2) is 8.32. The fourth-order valence-corrected chi connectivity index (χ4v) is 5.67. The average molecular weight is 448 g/mol. The zero-order valence-corrected chi connectivity index (χ0v) is 18.6. The van der Waals surface area contributed by atoms with Crippen LogP contribution in [0.4, 0.5) is 0 Å². The van der Waals surface area contributed by atoms with Gasteiger partial charge in [0.05, 0.1) is 23.0 Å². The van der Waals surface area contributed by atoms with Crippen LogP contribution >= 0.6 is 23.1 Å². The zero-order chi connectivity index (χ0) is 21.4. The van der Waals surface area contributed by atoms with Gasteiger partial charge in [-0.25, -0.2) is 4.98 Å². The van der Waals surface area contributed by atoms with Crippen molar-refractivity contribution >= 4 is 39.2 Å². The van der Waals surface area contributed by atoms with Gasteiger partial charge in [0.2, 0.25) is 5.91 Å². The van der Waals surface area contributed by atoms with Gasteiger partial charge in [-0.05, 0) is 54.0 Å². The topological polar surface area (TPSA) is 64.0 Å². The van der Waals surface area contributed by atoms with E-state index in [1.807, 2.05) is 54.8 Å². The predicted octanol–water partition coefficient (Wildman–Crippen LogP) is 4.65. The maximum Gasteiger partial charge on any atom is 0.276 e. The Bertz CT molecular complexity index is 1340. The molecule has 2 aromatic carbocycles. The Labute approximate surface area is 188 Å². The molecule has 2 aromatic heterocycles. The lowest BCUT2D eigenvalue weighted by molar-refractivity contribution is -0.119. The van der Waals surface area contributed by atoms with Crippen LogP contribution in [0.5, 0.6) is 0 Å². The van der Waals surface area contributed by atoms with Crippen molar-refractivity contribution < 1.29 is 4.79 Å². The molecule has 7 heteroatoms. The van der Waals surface area contributed by atoms with E-state index in [2.05, 4.69) is 17.4 Å². The maximum atomic E-state index is 13.2. The number of rotatable bonds is 5. The first-order chi connectivity index (χ1) is 15.1. The van der Waals surface area contributed by atoms with Crippen LogP contribution in [0, 0.1) is 6.92 Å². The summed E-state index contributed by atoms with van der Waals surface area (Å²) in [6, 6.07) is 17.9. The van der Waals surface area contributed by atoms with Crippen molar-refractivity contribution in [2.24, 2.45) is 0 Å². The number of thioether (sulfide) groups is 1. The Balaban J connectivity index is 1.42. The van der Waals surface area contributed by atoms with E-state index < -0.39 is 0 Å². The SMILES string of the molecule is Cc1ccccc1-n1c(SCC(=O)N[C@H]2CCc3ccccc32)nc2ccsc2c1=O. The minimum Gasteiger partial charge on any atom is -0.349 e. The highest BCUT2D eigenvalue weighted by Gasteiger charge is 2.24. The normalized spacial score (nSPS) is 15.2. The summed E-state index contributed by atoms with van der Waals surface area (Å²) in [5.41, 5.74) is 4.86. The molecule has 1 aliphatic carbocycles. The number of benzene rings is 2. The van der Waals surface area contributed by atoms with Crippen molar-refractivity contribution in [1.82, 2.24) is 14.9 Å². The summed E-state index contributed by atoms with van der Waals surface area (Å²) in [6.45, 7) is 1.97. The lowest BCUT2D eigenvalue weighted by Gasteiger charge is -2.16. The van der Waals surface area contributed by atoms with Gasteiger partial charge in [0.25, 0.3) is 5.56 Å². The van der Waals surface area contributed by atoms with Gasteiger partial charge in [0.15, 0.2) is 5.16 Å². The lowest BCUT2D eigenvalue weighted by Crippen LogP contribution is -2.29. The van der Waals surface area contributed by atoms with Gasteiger partial charge < -0.3 is 5.32 Å². The van der Waals surface area contributed by atoms with Crippen LogP contribution in [-0.4, -0.2) is 21.2 Å². The molecule has 31 heavy (non-hydrogen) atoms. The van der Waals surface area contributed by atoms with Crippen LogP contribution in [0.1, 0.15) is 29.2 Å². The number of hydrogen-bond donors (Lipinski definition) is 1. The number of amides is 1. The van der Waals surface area contributed by atoms with Crippen LogP contribution in [0.15, 0.2) is 69.9 Å². The molecule has 0 aliphatic heterocycles. The number of para-hydroxylation sites is 1. The minimum absolute atomic E-state index is 0.0511. The zero-order valence-electron chi connectivity index (χ0n) is 17.0. The molecule has 2 heterocycles. The summed E-state index contributed by atoms with van der Waals surface area (Å²) in [4.78, 5) is 30.7. The monoisotopic (exact) mass is 447 g/mol. The lowest BCUT2D eigenvalue weighted by atomic mass is 10.1. The standard InChI is InChI=1S/C24H21N3O2S2/c1-15-6-2-5-9-20(15)27-23(29)22-19(12-13-30-22)26-24(27)31-14-21(28)25-18-11-10-16-7-3-4-8-17(16)18/h2-9,12-13,18H,10-11,14H2,1H3,(H,25,28)/t18-/m0/s1. The highest BCUT2D eigenvalue weighted by molar-refractivity contribution is 7.99. The molecule has 1 aliphatic rings. The number of carbonyl (C=O) groups excluding carboxylic acids is 1. The number of thiophene rings is 1. The number of fused-ring (bicyclic) bond motifs is 2. The Morgan fingerprint density at radius 1 is 1.19 bits per heavy atom. The number of nitrogens with one attached hydrogen (secondary N) is 1. The van der Waals surface area contributed by atoms with Gasteiger partial charge in [0.1, 0.15) is 4.70 Å². The summed E-state index contributed by atoms with van der Waals surface area (Å²) in [7, 11) is 0. The molecule has 0 radical (unpaired) electrons. The van der Waals surface area contributed by atoms with Crippen molar-refractivity contribution in [2.75, 3.05) is 5.75 Å². The Hall–Kier alpha value is -2.90. The molecule has 4 aromatic rings.